The molecular formula is C22H19NO7. The highest BCUT2D eigenvalue weighted by Gasteiger charge is 2.16. The Balaban J connectivity index is 1.52. The van der Waals surface area contributed by atoms with Crippen molar-refractivity contribution in [3.63, 3.8) is 0 Å². The third-order valence-corrected chi connectivity index (χ3v) is 4.01. The topological polar surface area (TPSA) is 97.1 Å². The molecule has 0 atom stereocenters. The van der Waals surface area contributed by atoms with Gasteiger partial charge in [0.25, 0.3) is 5.69 Å². The van der Waals surface area contributed by atoms with Crippen molar-refractivity contribution in [1.82, 2.24) is 0 Å². The van der Waals surface area contributed by atoms with E-state index in [4.69, 9.17) is 18.9 Å². The van der Waals surface area contributed by atoms with Crippen molar-refractivity contribution < 1.29 is 28.7 Å². The lowest BCUT2D eigenvalue weighted by Crippen LogP contribution is -2.18. The lowest BCUT2D eigenvalue weighted by atomic mass is 10.2. The van der Waals surface area contributed by atoms with E-state index in [2.05, 4.69) is 0 Å². The predicted molar refractivity (Wildman–Crippen MR) is 108 cm³/mol. The van der Waals surface area contributed by atoms with Crippen LogP contribution in [0.3, 0.4) is 0 Å². The second-order valence-electron chi connectivity index (χ2n) is 6.10. The van der Waals surface area contributed by atoms with Gasteiger partial charge in [0.05, 0.1) is 18.1 Å². The van der Waals surface area contributed by atoms with Crippen molar-refractivity contribution in [1.29, 1.82) is 0 Å². The van der Waals surface area contributed by atoms with Gasteiger partial charge in [0.15, 0.2) is 18.1 Å². The van der Waals surface area contributed by atoms with Gasteiger partial charge in [-0.25, -0.2) is 4.79 Å². The monoisotopic (exact) mass is 409 g/mol. The summed E-state index contributed by atoms with van der Waals surface area (Å²) in [6.07, 6.45) is 0. The van der Waals surface area contributed by atoms with Crippen LogP contribution in [0.5, 0.6) is 23.0 Å². The molecule has 3 aromatic carbocycles. The molecule has 0 unspecified atom stereocenters. The molecule has 0 saturated heterocycles. The van der Waals surface area contributed by atoms with Crippen molar-refractivity contribution in [2.24, 2.45) is 0 Å². The third-order valence-electron chi connectivity index (χ3n) is 4.01. The summed E-state index contributed by atoms with van der Waals surface area (Å²) in [6.45, 7) is 0.0640. The van der Waals surface area contributed by atoms with Crippen LogP contribution in [-0.4, -0.2) is 24.6 Å². The molecule has 0 bridgehead atoms. The van der Waals surface area contributed by atoms with Crippen LogP contribution in [-0.2, 0) is 11.4 Å². The average molecular weight is 409 g/mol. The van der Waals surface area contributed by atoms with Crippen molar-refractivity contribution in [2.45, 2.75) is 6.61 Å². The Morgan fingerprint density at radius 3 is 2.20 bits per heavy atom. The summed E-state index contributed by atoms with van der Waals surface area (Å²) >= 11 is 0. The van der Waals surface area contributed by atoms with E-state index in [1.807, 2.05) is 30.3 Å². The van der Waals surface area contributed by atoms with Crippen LogP contribution in [0, 0.1) is 10.1 Å². The number of nitrogens with zero attached hydrogens (tertiary/aromatic N) is 1. The number of hydrogen-bond acceptors (Lipinski definition) is 7. The summed E-state index contributed by atoms with van der Waals surface area (Å²) in [5.41, 5.74) is 0.836. The van der Waals surface area contributed by atoms with E-state index in [1.54, 1.807) is 24.3 Å². The first-order valence-corrected chi connectivity index (χ1v) is 8.98. The van der Waals surface area contributed by atoms with Crippen LogP contribution < -0.4 is 18.9 Å². The molecule has 3 aromatic rings. The number of non-ortho nitro benzene ring substituents is 1. The number of benzene rings is 3. The summed E-state index contributed by atoms with van der Waals surface area (Å²) in [7, 11) is 1.37. The van der Waals surface area contributed by atoms with Crippen LogP contribution in [0.2, 0.25) is 0 Å². The smallest absolute Gasteiger partial charge is 0.349 e. The quantitative estimate of drug-likeness (QED) is 0.226. The zero-order chi connectivity index (χ0) is 21.3. The Hall–Kier alpha value is -4.07. The minimum absolute atomic E-state index is 0.0510. The van der Waals surface area contributed by atoms with E-state index in [0.717, 1.165) is 11.6 Å². The SMILES string of the molecule is COc1ccc([N+](=O)[O-])cc1OC(=O)COc1ccc(OCc2ccccc2)cc1. The minimum atomic E-state index is -0.724. The maximum absolute atomic E-state index is 12.1. The van der Waals surface area contributed by atoms with E-state index in [1.165, 1.54) is 19.2 Å². The molecule has 8 heteroatoms. The van der Waals surface area contributed by atoms with Gasteiger partial charge in [-0.15, -0.1) is 0 Å². The molecular weight excluding hydrogens is 390 g/mol. The summed E-state index contributed by atoms with van der Waals surface area (Å²) in [5, 5.41) is 10.9. The number of hydrogen-bond donors (Lipinski definition) is 0. The van der Waals surface area contributed by atoms with E-state index in [-0.39, 0.29) is 23.8 Å². The first kappa shape index (κ1) is 20.7. The molecule has 0 saturated carbocycles. The number of nitro groups is 1. The zero-order valence-electron chi connectivity index (χ0n) is 16.1. The van der Waals surface area contributed by atoms with Gasteiger partial charge in [-0.1, -0.05) is 30.3 Å². The second kappa shape index (κ2) is 9.92. The zero-order valence-corrected chi connectivity index (χ0v) is 16.1. The van der Waals surface area contributed by atoms with Crippen LogP contribution in [0.25, 0.3) is 0 Å². The average Bonchev–Trinajstić information content (AvgIpc) is 2.77. The standard InChI is InChI=1S/C22H19NO7/c1-27-20-12-7-17(23(25)26)13-21(20)30-22(24)15-29-19-10-8-18(9-11-19)28-14-16-5-3-2-4-6-16/h2-13H,14-15H2,1H3. The number of rotatable bonds is 9. The van der Waals surface area contributed by atoms with Crippen LogP contribution in [0.4, 0.5) is 5.69 Å². The van der Waals surface area contributed by atoms with Gasteiger partial charge < -0.3 is 18.9 Å². The largest absolute Gasteiger partial charge is 0.493 e. The highest BCUT2D eigenvalue weighted by Crippen LogP contribution is 2.31. The molecule has 0 aliphatic heterocycles. The number of methoxy groups -OCH3 is 1. The summed E-state index contributed by atoms with van der Waals surface area (Å²) in [4.78, 5) is 22.4. The molecule has 8 nitrogen and oxygen atoms in total. The molecule has 0 aromatic heterocycles. The Kier molecular flexibility index (Phi) is 6.83. The predicted octanol–water partition coefficient (Wildman–Crippen LogP) is 4.17. The number of carbonyl (C=O) groups is 1. The van der Waals surface area contributed by atoms with Crippen LogP contribution in [0.15, 0.2) is 72.8 Å². The summed E-state index contributed by atoms with van der Waals surface area (Å²) in [6, 6.07) is 20.3. The Morgan fingerprint density at radius 1 is 0.900 bits per heavy atom. The molecule has 154 valence electrons. The fourth-order valence-corrected chi connectivity index (χ4v) is 2.53. The van der Waals surface area contributed by atoms with E-state index < -0.39 is 10.9 Å². The van der Waals surface area contributed by atoms with Crippen molar-refractivity contribution in [3.05, 3.63) is 88.5 Å². The van der Waals surface area contributed by atoms with Crippen molar-refractivity contribution in [2.75, 3.05) is 13.7 Å². The number of nitro benzene ring substituents is 1. The van der Waals surface area contributed by atoms with Gasteiger partial charge in [0.1, 0.15) is 18.1 Å². The normalized spacial score (nSPS) is 10.2. The molecule has 0 heterocycles. The number of ether oxygens (including phenoxy) is 4. The van der Waals surface area contributed by atoms with E-state index in [9.17, 15) is 14.9 Å². The molecule has 3 rings (SSSR count). The molecule has 0 aliphatic rings. The summed E-state index contributed by atoms with van der Waals surface area (Å²) in [5.74, 6) is 0.539. The Bertz CT molecular complexity index is 1000. The lowest BCUT2D eigenvalue weighted by Gasteiger charge is -2.10. The fourth-order valence-electron chi connectivity index (χ4n) is 2.53. The molecule has 0 fully saturated rings. The van der Waals surface area contributed by atoms with E-state index in [0.29, 0.717) is 18.1 Å². The first-order valence-electron chi connectivity index (χ1n) is 8.98. The van der Waals surface area contributed by atoms with Gasteiger partial charge in [0.2, 0.25) is 0 Å². The highest BCUT2D eigenvalue weighted by atomic mass is 16.6. The maximum Gasteiger partial charge on any atom is 0.349 e. The van der Waals surface area contributed by atoms with Gasteiger partial charge >= 0.3 is 5.97 Å². The highest BCUT2D eigenvalue weighted by molar-refractivity contribution is 5.75. The lowest BCUT2D eigenvalue weighted by molar-refractivity contribution is -0.384. The van der Waals surface area contributed by atoms with Crippen LogP contribution in [0.1, 0.15) is 5.56 Å². The minimum Gasteiger partial charge on any atom is -0.493 e. The summed E-state index contributed by atoms with van der Waals surface area (Å²) < 4.78 is 21.3. The Labute approximate surface area is 172 Å². The molecule has 30 heavy (non-hydrogen) atoms. The molecule has 0 aliphatic carbocycles. The fraction of sp³-hybridized carbons (Fsp3) is 0.136. The number of esters is 1. The Morgan fingerprint density at radius 2 is 1.57 bits per heavy atom. The number of carbonyl (C=O) groups excluding carboxylic acids is 1. The maximum atomic E-state index is 12.1. The van der Waals surface area contributed by atoms with Crippen LogP contribution >= 0.6 is 0 Å². The van der Waals surface area contributed by atoms with Crippen molar-refractivity contribution >= 4 is 11.7 Å². The molecule has 0 radical (unpaired) electrons. The second-order valence-corrected chi connectivity index (χ2v) is 6.10. The third kappa shape index (κ3) is 5.71. The molecule has 0 N–H and O–H groups in total. The van der Waals surface area contributed by atoms with Gasteiger partial charge in [-0.3, -0.25) is 10.1 Å². The molecule has 0 spiro atoms. The van der Waals surface area contributed by atoms with Gasteiger partial charge in [-0.05, 0) is 35.9 Å². The van der Waals surface area contributed by atoms with Crippen molar-refractivity contribution in [3.8, 4) is 23.0 Å². The molecule has 0 amide bonds. The van der Waals surface area contributed by atoms with E-state index >= 15 is 0 Å². The van der Waals surface area contributed by atoms with Gasteiger partial charge in [-0.2, -0.15) is 0 Å². The first-order chi connectivity index (χ1) is 14.5. The van der Waals surface area contributed by atoms with Gasteiger partial charge in [0, 0.05) is 6.07 Å².